The summed E-state index contributed by atoms with van der Waals surface area (Å²) in [6, 6.07) is 2.09. The molecule has 156 valence electrons. The zero-order chi connectivity index (χ0) is 20.8. The van der Waals surface area contributed by atoms with E-state index in [9.17, 15) is 22.0 Å². The van der Waals surface area contributed by atoms with E-state index in [-0.39, 0.29) is 16.5 Å². The van der Waals surface area contributed by atoms with E-state index in [1.807, 2.05) is 0 Å². The Bertz CT molecular complexity index is 932. The van der Waals surface area contributed by atoms with Crippen molar-refractivity contribution in [3.63, 3.8) is 0 Å². The molecule has 0 aromatic carbocycles. The Kier molecular flexibility index (Phi) is 5.12. The van der Waals surface area contributed by atoms with Gasteiger partial charge in [0.1, 0.15) is 10.8 Å². The van der Waals surface area contributed by atoms with E-state index in [4.69, 9.17) is 16.3 Å². The van der Waals surface area contributed by atoms with Gasteiger partial charge >= 0.3 is 12.8 Å². The maximum atomic E-state index is 13.0. The lowest BCUT2D eigenvalue weighted by molar-refractivity contribution is -0.138. The summed E-state index contributed by atoms with van der Waals surface area (Å²) in [5, 5.41) is 3.43. The normalized spacial score (nSPS) is 21.6. The molecule has 1 aliphatic heterocycles. The fraction of sp³-hybridized carbons (Fsp3) is 0.444. The molecule has 1 N–H and O–H groups in total. The first-order chi connectivity index (χ1) is 13.7. The quantitative estimate of drug-likeness (QED) is 0.567. The SMILES string of the molecule is FC(F)Oc1cc(C(F)(F)F)cnc1-c1cc2c(c(Cl)n1)CCC[C@@]21COCN1. The van der Waals surface area contributed by atoms with Crippen molar-refractivity contribution in [1.82, 2.24) is 15.3 Å². The summed E-state index contributed by atoms with van der Waals surface area (Å²) < 4.78 is 74.4. The van der Waals surface area contributed by atoms with E-state index in [1.54, 1.807) is 6.07 Å². The van der Waals surface area contributed by atoms with Gasteiger partial charge in [-0.3, -0.25) is 10.3 Å². The van der Waals surface area contributed by atoms with Crippen LogP contribution in [0.5, 0.6) is 5.75 Å². The van der Waals surface area contributed by atoms with Crippen LogP contribution in [0.15, 0.2) is 18.3 Å². The minimum atomic E-state index is -4.76. The minimum absolute atomic E-state index is 0.0492. The number of nitrogens with zero attached hydrogens (tertiary/aromatic N) is 2. The summed E-state index contributed by atoms with van der Waals surface area (Å²) in [5.74, 6) is -0.723. The van der Waals surface area contributed by atoms with Crippen LogP contribution < -0.4 is 10.1 Å². The number of pyridine rings is 2. The summed E-state index contributed by atoms with van der Waals surface area (Å²) in [7, 11) is 0. The van der Waals surface area contributed by atoms with Crippen molar-refractivity contribution in [3.05, 3.63) is 40.2 Å². The first kappa shape index (κ1) is 20.2. The van der Waals surface area contributed by atoms with Crippen molar-refractivity contribution in [3.8, 4) is 17.1 Å². The Morgan fingerprint density at radius 3 is 2.72 bits per heavy atom. The third-order valence-corrected chi connectivity index (χ3v) is 5.43. The number of rotatable bonds is 3. The first-order valence-corrected chi connectivity index (χ1v) is 9.12. The molecular weight excluding hydrogens is 421 g/mol. The molecule has 5 nitrogen and oxygen atoms in total. The number of halogens is 6. The molecular formula is C18H15ClF5N3O2. The molecule has 1 atom stereocenters. The second-order valence-corrected chi connectivity index (χ2v) is 7.23. The third kappa shape index (κ3) is 3.76. The van der Waals surface area contributed by atoms with E-state index in [0.29, 0.717) is 32.0 Å². The van der Waals surface area contributed by atoms with Crippen LogP contribution in [0.2, 0.25) is 5.15 Å². The molecule has 0 saturated carbocycles. The molecule has 1 saturated heterocycles. The average molecular weight is 436 g/mol. The van der Waals surface area contributed by atoms with Gasteiger partial charge in [-0.25, -0.2) is 4.98 Å². The highest BCUT2D eigenvalue weighted by Gasteiger charge is 2.41. The molecule has 0 unspecified atom stereocenters. The van der Waals surface area contributed by atoms with Gasteiger partial charge in [-0.2, -0.15) is 22.0 Å². The number of nitrogens with one attached hydrogen (secondary N) is 1. The molecule has 1 aliphatic carbocycles. The number of fused-ring (bicyclic) bond motifs is 2. The summed E-state index contributed by atoms with van der Waals surface area (Å²) in [6.07, 6.45) is -1.92. The Balaban J connectivity index is 1.86. The maximum absolute atomic E-state index is 13.0. The van der Waals surface area contributed by atoms with Crippen LogP contribution in [0.3, 0.4) is 0 Å². The van der Waals surface area contributed by atoms with Gasteiger partial charge in [-0.15, -0.1) is 0 Å². The molecule has 2 aromatic rings. The maximum Gasteiger partial charge on any atom is 0.418 e. The molecule has 0 radical (unpaired) electrons. The van der Waals surface area contributed by atoms with Crippen molar-refractivity contribution in [1.29, 1.82) is 0 Å². The van der Waals surface area contributed by atoms with Crippen LogP contribution >= 0.6 is 11.6 Å². The van der Waals surface area contributed by atoms with E-state index in [1.165, 1.54) is 0 Å². The van der Waals surface area contributed by atoms with Crippen LogP contribution in [0.1, 0.15) is 29.5 Å². The predicted molar refractivity (Wildman–Crippen MR) is 92.7 cm³/mol. The molecule has 2 aromatic heterocycles. The molecule has 2 aliphatic rings. The lowest BCUT2D eigenvalue weighted by Crippen LogP contribution is -2.42. The van der Waals surface area contributed by atoms with Crippen molar-refractivity contribution in [2.75, 3.05) is 13.3 Å². The van der Waals surface area contributed by atoms with Crippen LogP contribution in [-0.4, -0.2) is 29.9 Å². The standard InChI is InChI=1S/C18H15ClF5N3O2/c19-15-10-2-1-3-17(7-28-8-26-17)11(10)5-12(27-15)14-13(29-16(20)21)4-9(6-25-14)18(22,23)24/h4-6,16,26H,1-3,7-8H2/t17-/m1/s1. The van der Waals surface area contributed by atoms with Crippen molar-refractivity contribution in [2.45, 2.75) is 37.6 Å². The van der Waals surface area contributed by atoms with Gasteiger partial charge in [0.15, 0.2) is 5.75 Å². The molecule has 1 fully saturated rings. The van der Waals surface area contributed by atoms with Crippen molar-refractivity contribution in [2.24, 2.45) is 0 Å². The van der Waals surface area contributed by atoms with E-state index in [2.05, 4.69) is 20.0 Å². The highest BCUT2D eigenvalue weighted by atomic mass is 35.5. The third-order valence-electron chi connectivity index (χ3n) is 5.12. The zero-order valence-electron chi connectivity index (χ0n) is 14.8. The Morgan fingerprint density at radius 2 is 2.07 bits per heavy atom. The molecule has 29 heavy (non-hydrogen) atoms. The highest BCUT2D eigenvalue weighted by molar-refractivity contribution is 6.30. The van der Waals surface area contributed by atoms with Gasteiger partial charge in [-0.1, -0.05) is 11.6 Å². The second-order valence-electron chi connectivity index (χ2n) is 6.88. The second kappa shape index (κ2) is 7.33. The number of hydrogen-bond acceptors (Lipinski definition) is 5. The van der Waals surface area contributed by atoms with Crippen LogP contribution in [0, 0.1) is 0 Å². The number of ether oxygens (including phenoxy) is 2. The van der Waals surface area contributed by atoms with Crippen LogP contribution in [0.4, 0.5) is 22.0 Å². The molecule has 4 rings (SSSR count). The van der Waals surface area contributed by atoms with Crippen LogP contribution in [-0.2, 0) is 22.9 Å². The van der Waals surface area contributed by atoms with Gasteiger partial charge < -0.3 is 9.47 Å². The zero-order valence-corrected chi connectivity index (χ0v) is 15.6. The summed E-state index contributed by atoms with van der Waals surface area (Å²) in [6.45, 7) is -2.60. The summed E-state index contributed by atoms with van der Waals surface area (Å²) in [4.78, 5) is 7.92. The molecule has 11 heteroatoms. The number of aromatic nitrogens is 2. The number of hydrogen-bond donors (Lipinski definition) is 1. The first-order valence-electron chi connectivity index (χ1n) is 8.75. The largest absolute Gasteiger partial charge is 0.432 e. The van der Waals surface area contributed by atoms with Crippen molar-refractivity contribution >= 4 is 11.6 Å². The smallest absolute Gasteiger partial charge is 0.418 e. The van der Waals surface area contributed by atoms with E-state index >= 15 is 0 Å². The lowest BCUT2D eigenvalue weighted by Gasteiger charge is -2.35. The van der Waals surface area contributed by atoms with Gasteiger partial charge in [0.25, 0.3) is 0 Å². The Labute approximate surface area is 167 Å². The number of alkyl halides is 5. The topological polar surface area (TPSA) is 56.3 Å². The van der Waals surface area contributed by atoms with Gasteiger partial charge in [0.2, 0.25) is 0 Å². The van der Waals surface area contributed by atoms with Gasteiger partial charge in [0.05, 0.1) is 30.1 Å². The fourth-order valence-electron chi connectivity index (χ4n) is 3.80. The minimum Gasteiger partial charge on any atom is -0.432 e. The molecule has 0 bridgehead atoms. The van der Waals surface area contributed by atoms with Gasteiger partial charge in [-0.05, 0) is 42.5 Å². The molecule has 0 amide bonds. The lowest BCUT2D eigenvalue weighted by atomic mass is 9.77. The van der Waals surface area contributed by atoms with Crippen LogP contribution in [0.25, 0.3) is 11.4 Å². The summed E-state index contributed by atoms with van der Waals surface area (Å²) in [5.41, 5.74) is -0.340. The predicted octanol–water partition coefficient (Wildman–Crippen LogP) is 4.53. The van der Waals surface area contributed by atoms with E-state index < -0.39 is 29.6 Å². The van der Waals surface area contributed by atoms with Crippen molar-refractivity contribution < 1.29 is 31.4 Å². The Morgan fingerprint density at radius 1 is 1.28 bits per heavy atom. The molecule has 3 heterocycles. The van der Waals surface area contributed by atoms with Gasteiger partial charge in [0, 0.05) is 6.20 Å². The Hall–Kier alpha value is -2.04. The monoisotopic (exact) mass is 435 g/mol. The highest BCUT2D eigenvalue weighted by Crippen LogP contribution is 2.43. The summed E-state index contributed by atoms with van der Waals surface area (Å²) >= 11 is 6.34. The fourth-order valence-corrected chi connectivity index (χ4v) is 4.09. The van der Waals surface area contributed by atoms with E-state index in [0.717, 1.165) is 24.0 Å². The average Bonchev–Trinajstić information content (AvgIpc) is 3.10. The molecule has 1 spiro atoms.